The Balaban J connectivity index is 2.10. The largest absolute Gasteiger partial charge is 0.464 e. The van der Waals surface area contributed by atoms with Gasteiger partial charge in [0.15, 0.2) is 0 Å². The molecule has 8 heteroatoms. The molecule has 2 N–H and O–H groups in total. The van der Waals surface area contributed by atoms with Crippen LogP contribution < -0.4 is 5.73 Å². The summed E-state index contributed by atoms with van der Waals surface area (Å²) in [5, 5.41) is 3.74. The highest BCUT2D eigenvalue weighted by atomic mass is 16.8. The minimum Gasteiger partial charge on any atom is -0.464 e. The van der Waals surface area contributed by atoms with E-state index in [9.17, 15) is 4.79 Å². The SMILES string of the molecule is COC(=O)/C(=N\OC1CCCCO1)c1coc(N)n1. The Morgan fingerprint density at radius 3 is 3.00 bits per heavy atom. The van der Waals surface area contributed by atoms with Gasteiger partial charge in [-0.2, -0.15) is 4.98 Å². The van der Waals surface area contributed by atoms with Crippen LogP contribution in [0.25, 0.3) is 0 Å². The van der Waals surface area contributed by atoms with E-state index in [1.165, 1.54) is 13.4 Å². The molecule has 1 unspecified atom stereocenters. The average Bonchev–Trinajstić information content (AvgIpc) is 2.86. The molecule has 0 spiro atoms. The van der Waals surface area contributed by atoms with Crippen molar-refractivity contribution in [3.05, 3.63) is 12.0 Å². The van der Waals surface area contributed by atoms with Gasteiger partial charge in [-0.3, -0.25) is 0 Å². The van der Waals surface area contributed by atoms with Crippen molar-refractivity contribution in [3.63, 3.8) is 0 Å². The summed E-state index contributed by atoms with van der Waals surface area (Å²) >= 11 is 0. The first-order chi connectivity index (χ1) is 9.20. The van der Waals surface area contributed by atoms with Gasteiger partial charge in [0.1, 0.15) is 12.0 Å². The number of carbonyl (C=O) groups excluding carboxylic acids is 1. The molecule has 2 heterocycles. The monoisotopic (exact) mass is 269 g/mol. The molecule has 19 heavy (non-hydrogen) atoms. The standard InChI is InChI=1S/C11H15N3O5/c1-16-10(15)9(7-6-18-11(12)13-7)14-19-8-4-2-3-5-17-8/h6,8H,2-5H2,1H3,(H2,12,13)/b14-9-. The molecule has 2 rings (SSSR count). The number of nitrogens with zero attached hydrogens (tertiary/aromatic N) is 2. The first-order valence-electron chi connectivity index (χ1n) is 5.86. The highest BCUT2D eigenvalue weighted by Gasteiger charge is 2.22. The lowest BCUT2D eigenvalue weighted by atomic mass is 10.2. The maximum absolute atomic E-state index is 11.6. The Morgan fingerprint density at radius 2 is 2.42 bits per heavy atom. The van der Waals surface area contributed by atoms with Gasteiger partial charge in [-0.05, 0) is 12.8 Å². The fraction of sp³-hybridized carbons (Fsp3) is 0.545. The quantitative estimate of drug-likeness (QED) is 0.486. The van der Waals surface area contributed by atoms with Crippen LogP contribution in [-0.4, -0.2) is 36.7 Å². The molecule has 1 aliphatic rings. The third-order valence-corrected chi connectivity index (χ3v) is 2.54. The number of nitrogen functional groups attached to an aromatic ring is 1. The molecule has 1 saturated heterocycles. The van der Waals surface area contributed by atoms with E-state index in [0.29, 0.717) is 6.61 Å². The van der Waals surface area contributed by atoms with Crippen molar-refractivity contribution in [2.45, 2.75) is 25.6 Å². The molecular weight excluding hydrogens is 254 g/mol. The van der Waals surface area contributed by atoms with Crippen LogP contribution >= 0.6 is 0 Å². The topological polar surface area (TPSA) is 109 Å². The normalized spacial score (nSPS) is 20.1. The zero-order chi connectivity index (χ0) is 13.7. The zero-order valence-corrected chi connectivity index (χ0v) is 10.5. The van der Waals surface area contributed by atoms with Crippen LogP contribution in [0.4, 0.5) is 6.01 Å². The van der Waals surface area contributed by atoms with E-state index in [0.717, 1.165) is 19.3 Å². The summed E-state index contributed by atoms with van der Waals surface area (Å²) in [6, 6.07) is -0.0690. The number of aromatic nitrogens is 1. The second-order valence-corrected chi connectivity index (χ2v) is 3.90. The van der Waals surface area contributed by atoms with Crippen LogP contribution in [0.15, 0.2) is 15.8 Å². The van der Waals surface area contributed by atoms with Crippen molar-refractivity contribution in [2.75, 3.05) is 19.5 Å². The lowest BCUT2D eigenvalue weighted by molar-refractivity contribution is -0.162. The molecule has 1 aromatic heterocycles. The summed E-state index contributed by atoms with van der Waals surface area (Å²) in [5.74, 6) is -0.691. The number of anilines is 1. The molecule has 1 aliphatic heterocycles. The summed E-state index contributed by atoms with van der Waals surface area (Å²) < 4.78 is 14.8. The predicted molar refractivity (Wildman–Crippen MR) is 64.1 cm³/mol. The van der Waals surface area contributed by atoms with Crippen LogP contribution in [0.5, 0.6) is 0 Å². The summed E-state index contributed by atoms with van der Waals surface area (Å²) in [7, 11) is 1.23. The first kappa shape index (κ1) is 13.3. The maximum atomic E-state index is 11.6. The second-order valence-electron chi connectivity index (χ2n) is 3.90. The zero-order valence-electron chi connectivity index (χ0n) is 10.5. The fourth-order valence-electron chi connectivity index (χ4n) is 1.59. The summed E-state index contributed by atoms with van der Waals surface area (Å²) in [5.41, 5.74) is 5.39. The molecule has 0 amide bonds. The van der Waals surface area contributed by atoms with Gasteiger partial charge in [0.2, 0.25) is 12.0 Å². The number of hydrogen-bond donors (Lipinski definition) is 1. The van der Waals surface area contributed by atoms with Crippen LogP contribution in [0, 0.1) is 0 Å². The van der Waals surface area contributed by atoms with Crippen LogP contribution in [-0.2, 0) is 19.1 Å². The Kier molecular flexibility index (Phi) is 4.35. The lowest BCUT2D eigenvalue weighted by Gasteiger charge is -2.20. The Hall–Kier alpha value is -2.09. The van der Waals surface area contributed by atoms with Crippen molar-refractivity contribution in [1.82, 2.24) is 4.98 Å². The molecule has 1 atom stereocenters. The molecular formula is C11H15N3O5. The summed E-state index contributed by atoms with van der Waals surface area (Å²) in [4.78, 5) is 20.6. The predicted octanol–water partition coefficient (Wildman–Crippen LogP) is 0.677. The van der Waals surface area contributed by atoms with Gasteiger partial charge in [-0.1, -0.05) is 5.16 Å². The molecule has 0 radical (unpaired) electrons. The van der Waals surface area contributed by atoms with Crippen LogP contribution in [0.2, 0.25) is 0 Å². The maximum Gasteiger partial charge on any atom is 0.362 e. The van der Waals surface area contributed by atoms with Gasteiger partial charge in [-0.15, -0.1) is 0 Å². The summed E-state index contributed by atoms with van der Waals surface area (Å²) in [6.45, 7) is 0.616. The molecule has 0 aromatic carbocycles. The average molecular weight is 269 g/mol. The van der Waals surface area contributed by atoms with Gasteiger partial charge in [0, 0.05) is 6.42 Å². The minimum absolute atomic E-state index is 0.0690. The number of oxazole rings is 1. The van der Waals surface area contributed by atoms with E-state index in [2.05, 4.69) is 14.9 Å². The third kappa shape index (κ3) is 3.44. The fourth-order valence-corrected chi connectivity index (χ4v) is 1.59. The third-order valence-electron chi connectivity index (χ3n) is 2.54. The van der Waals surface area contributed by atoms with Crippen LogP contribution in [0.3, 0.4) is 0 Å². The molecule has 1 aromatic rings. The number of hydrogen-bond acceptors (Lipinski definition) is 8. The van der Waals surface area contributed by atoms with E-state index in [4.69, 9.17) is 19.7 Å². The minimum atomic E-state index is -0.691. The van der Waals surface area contributed by atoms with Gasteiger partial charge in [-0.25, -0.2) is 4.79 Å². The van der Waals surface area contributed by atoms with Crippen molar-refractivity contribution < 1.29 is 23.5 Å². The molecule has 0 bridgehead atoms. The van der Waals surface area contributed by atoms with Crippen molar-refractivity contribution in [1.29, 1.82) is 0 Å². The lowest BCUT2D eigenvalue weighted by Crippen LogP contribution is -2.23. The Labute approximate surface area is 109 Å². The second kappa shape index (κ2) is 6.19. The van der Waals surface area contributed by atoms with E-state index in [1.807, 2.05) is 0 Å². The van der Waals surface area contributed by atoms with Gasteiger partial charge >= 0.3 is 5.97 Å². The number of carbonyl (C=O) groups is 1. The molecule has 0 aliphatic carbocycles. The molecule has 0 saturated carbocycles. The van der Waals surface area contributed by atoms with Gasteiger partial charge in [0.25, 0.3) is 6.01 Å². The van der Waals surface area contributed by atoms with Crippen molar-refractivity contribution in [3.8, 4) is 0 Å². The Bertz CT molecular complexity index is 465. The number of rotatable bonds is 4. The molecule has 8 nitrogen and oxygen atoms in total. The summed E-state index contributed by atoms with van der Waals surface area (Å²) in [6.07, 6.45) is 3.45. The molecule has 1 fully saturated rings. The van der Waals surface area contributed by atoms with Crippen molar-refractivity contribution in [2.24, 2.45) is 5.16 Å². The number of oxime groups is 1. The van der Waals surface area contributed by atoms with E-state index < -0.39 is 12.3 Å². The van der Waals surface area contributed by atoms with Gasteiger partial charge < -0.3 is 24.5 Å². The number of ether oxygens (including phenoxy) is 2. The van der Waals surface area contributed by atoms with Gasteiger partial charge in [0.05, 0.1) is 13.7 Å². The van der Waals surface area contributed by atoms with Crippen molar-refractivity contribution >= 4 is 17.7 Å². The van der Waals surface area contributed by atoms with E-state index >= 15 is 0 Å². The molecule has 104 valence electrons. The smallest absolute Gasteiger partial charge is 0.362 e. The highest BCUT2D eigenvalue weighted by Crippen LogP contribution is 2.15. The van der Waals surface area contributed by atoms with E-state index in [1.54, 1.807) is 0 Å². The van der Waals surface area contributed by atoms with E-state index in [-0.39, 0.29) is 17.4 Å². The first-order valence-corrected chi connectivity index (χ1v) is 5.86. The Morgan fingerprint density at radius 1 is 1.58 bits per heavy atom. The number of nitrogens with two attached hydrogens (primary N) is 1. The number of methoxy groups -OCH3 is 1. The van der Waals surface area contributed by atoms with Crippen LogP contribution in [0.1, 0.15) is 25.0 Å². The number of esters is 1. The highest BCUT2D eigenvalue weighted by molar-refractivity contribution is 6.42.